The highest BCUT2D eigenvalue weighted by atomic mass is 19.1. The van der Waals surface area contributed by atoms with E-state index in [1.807, 2.05) is 0 Å². The Labute approximate surface area is 161 Å². The lowest BCUT2D eigenvalue weighted by molar-refractivity contribution is -0.143. The molecule has 1 unspecified atom stereocenters. The Hall–Kier alpha value is -3.09. The third kappa shape index (κ3) is 4.60. The van der Waals surface area contributed by atoms with Crippen LogP contribution in [0.2, 0.25) is 0 Å². The van der Waals surface area contributed by atoms with Crippen molar-refractivity contribution in [1.29, 1.82) is 0 Å². The van der Waals surface area contributed by atoms with Gasteiger partial charge in [-0.05, 0) is 48.4 Å². The molecule has 2 aromatic rings. The van der Waals surface area contributed by atoms with Crippen molar-refractivity contribution >= 4 is 17.6 Å². The number of amides is 2. The highest BCUT2D eigenvalue weighted by Gasteiger charge is 2.33. The first-order chi connectivity index (χ1) is 13.5. The molecule has 28 heavy (non-hydrogen) atoms. The van der Waals surface area contributed by atoms with Crippen molar-refractivity contribution in [3.63, 3.8) is 0 Å². The molecule has 1 aliphatic heterocycles. The van der Waals surface area contributed by atoms with Gasteiger partial charge in [0.2, 0.25) is 11.8 Å². The van der Waals surface area contributed by atoms with Gasteiger partial charge in [0.1, 0.15) is 17.7 Å². The van der Waals surface area contributed by atoms with Gasteiger partial charge in [0.25, 0.3) is 0 Å². The van der Waals surface area contributed by atoms with Crippen molar-refractivity contribution in [2.75, 3.05) is 13.1 Å². The maximum Gasteiger partial charge on any atom is 0.247 e. The average molecular weight is 386 g/mol. The molecule has 0 bridgehead atoms. The number of Topliss-reactive ketones (excluding diaryl/α,β-unsaturated/α-hetero) is 1. The molecule has 5 nitrogen and oxygen atoms in total. The molecule has 1 fully saturated rings. The minimum atomic E-state index is -0.811. The first kappa shape index (κ1) is 19.7. The highest BCUT2D eigenvalue weighted by molar-refractivity contribution is 5.96. The van der Waals surface area contributed by atoms with E-state index in [4.69, 9.17) is 0 Å². The minimum absolute atomic E-state index is 0.109. The summed E-state index contributed by atoms with van der Waals surface area (Å²) in [6.07, 6.45) is 0.583. The van der Waals surface area contributed by atoms with Gasteiger partial charge in [-0.2, -0.15) is 0 Å². The van der Waals surface area contributed by atoms with Crippen LogP contribution >= 0.6 is 0 Å². The fourth-order valence-corrected chi connectivity index (χ4v) is 3.24. The fraction of sp³-hybridized carbons (Fsp3) is 0.286. The molecule has 0 saturated carbocycles. The van der Waals surface area contributed by atoms with Crippen molar-refractivity contribution in [3.8, 4) is 0 Å². The Morgan fingerprint density at radius 3 is 2.21 bits per heavy atom. The van der Waals surface area contributed by atoms with Crippen LogP contribution in [0.4, 0.5) is 8.78 Å². The van der Waals surface area contributed by atoms with Gasteiger partial charge in [-0.1, -0.05) is 12.1 Å². The number of ketones is 1. The van der Waals surface area contributed by atoms with Gasteiger partial charge >= 0.3 is 0 Å². The van der Waals surface area contributed by atoms with Gasteiger partial charge in [-0.15, -0.1) is 0 Å². The number of nitrogens with one attached hydrogen (secondary N) is 1. The lowest BCUT2D eigenvalue weighted by Crippen LogP contribution is -2.52. The van der Waals surface area contributed by atoms with Gasteiger partial charge < -0.3 is 10.2 Å². The lowest BCUT2D eigenvalue weighted by Gasteiger charge is -2.35. The maximum absolute atomic E-state index is 13.2. The van der Waals surface area contributed by atoms with Crippen LogP contribution in [0, 0.1) is 11.6 Å². The monoisotopic (exact) mass is 386 g/mol. The molecular weight excluding hydrogens is 366 g/mol. The standard InChI is InChI=1S/C21H20F2N2O3/c22-16-8-4-14(5-9-16)18(26)2-1-3-19(27)25-13-12-24-21(28)20(25)15-6-10-17(23)11-7-15/h4-11,20H,1-3,12-13H2,(H,24,28). The third-order valence-electron chi connectivity index (χ3n) is 4.68. The summed E-state index contributed by atoms with van der Waals surface area (Å²) >= 11 is 0. The van der Waals surface area contributed by atoms with Crippen LogP contribution in [0.3, 0.4) is 0 Å². The molecule has 2 aromatic carbocycles. The molecule has 1 aliphatic rings. The van der Waals surface area contributed by atoms with Crippen molar-refractivity contribution in [1.82, 2.24) is 10.2 Å². The number of carbonyl (C=O) groups is 3. The Bertz CT molecular complexity index is 866. The van der Waals surface area contributed by atoms with E-state index in [1.165, 1.54) is 53.4 Å². The van der Waals surface area contributed by atoms with Gasteiger partial charge in [0, 0.05) is 31.5 Å². The predicted molar refractivity (Wildman–Crippen MR) is 98.4 cm³/mol. The molecule has 1 atom stereocenters. The Kier molecular flexibility index (Phi) is 6.13. The molecule has 2 amide bonds. The number of halogens is 2. The van der Waals surface area contributed by atoms with Crippen molar-refractivity contribution in [2.45, 2.75) is 25.3 Å². The van der Waals surface area contributed by atoms with Gasteiger partial charge in [0.15, 0.2) is 5.78 Å². The minimum Gasteiger partial charge on any atom is -0.352 e. The first-order valence-electron chi connectivity index (χ1n) is 9.07. The molecule has 1 N–H and O–H groups in total. The molecule has 0 spiro atoms. The van der Waals surface area contributed by atoms with E-state index in [1.54, 1.807) is 0 Å². The summed E-state index contributed by atoms with van der Waals surface area (Å²) in [6, 6.07) is 9.94. The Balaban J connectivity index is 1.61. The van der Waals surface area contributed by atoms with E-state index in [0.717, 1.165) is 0 Å². The molecule has 7 heteroatoms. The molecule has 0 aromatic heterocycles. The Morgan fingerprint density at radius 1 is 0.964 bits per heavy atom. The zero-order chi connectivity index (χ0) is 20.1. The molecule has 3 rings (SSSR count). The number of piperazine rings is 1. The molecule has 1 heterocycles. The van der Waals surface area contributed by atoms with Crippen LogP contribution < -0.4 is 5.32 Å². The van der Waals surface area contributed by atoms with Gasteiger partial charge in [-0.25, -0.2) is 8.78 Å². The zero-order valence-corrected chi connectivity index (χ0v) is 15.2. The number of carbonyl (C=O) groups excluding carboxylic acids is 3. The summed E-state index contributed by atoms with van der Waals surface area (Å²) in [5.41, 5.74) is 0.935. The van der Waals surface area contributed by atoms with Crippen molar-refractivity contribution in [2.24, 2.45) is 0 Å². The summed E-state index contributed by atoms with van der Waals surface area (Å²) in [7, 11) is 0. The first-order valence-corrected chi connectivity index (χ1v) is 9.07. The number of hydrogen-bond acceptors (Lipinski definition) is 3. The summed E-state index contributed by atoms with van der Waals surface area (Å²) in [4.78, 5) is 38.6. The summed E-state index contributed by atoms with van der Waals surface area (Å²) in [5.74, 6) is -1.55. The van der Waals surface area contributed by atoms with Crippen LogP contribution in [0.5, 0.6) is 0 Å². The predicted octanol–water partition coefficient (Wildman–Crippen LogP) is 3.02. The highest BCUT2D eigenvalue weighted by Crippen LogP contribution is 2.25. The third-order valence-corrected chi connectivity index (χ3v) is 4.68. The summed E-state index contributed by atoms with van der Waals surface area (Å²) < 4.78 is 26.1. The van der Waals surface area contributed by atoms with E-state index in [-0.39, 0.29) is 30.4 Å². The van der Waals surface area contributed by atoms with Crippen molar-refractivity contribution in [3.05, 3.63) is 71.3 Å². The second kappa shape index (κ2) is 8.73. The second-order valence-electron chi connectivity index (χ2n) is 6.62. The van der Waals surface area contributed by atoms with Crippen LogP contribution in [0.15, 0.2) is 48.5 Å². The van der Waals surface area contributed by atoms with Gasteiger partial charge in [-0.3, -0.25) is 14.4 Å². The molecule has 1 saturated heterocycles. The van der Waals surface area contributed by atoms with E-state index < -0.39 is 17.7 Å². The summed E-state index contributed by atoms with van der Waals surface area (Å²) in [5, 5.41) is 2.72. The molecule has 146 valence electrons. The van der Waals surface area contributed by atoms with Crippen molar-refractivity contribution < 1.29 is 23.2 Å². The second-order valence-corrected chi connectivity index (χ2v) is 6.62. The van der Waals surface area contributed by atoms with E-state index in [9.17, 15) is 23.2 Å². The number of rotatable bonds is 6. The smallest absolute Gasteiger partial charge is 0.247 e. The van der Waals surface area contributed by atoms with E-state index >= 15 is 0 Å². The SMILES string of the molecule is O=C(CCCC(=O)N1CCNC(=O)C1c1ccc(F)cc1)c1ccc(F)cc1. The van der Waals surface area contributed by atoms with Gasteiger partial charge in [0.05, 0.1) is 0 Å². The largest absolute Gasteiger partial charge is 0.352 e. The van der Waals surface area contributed by atoms with E-state index in [0.29, 0.717) is 30.6 Å². The average Bonchev–Trinajstić information content (AvgIpc) is 2.69. The Morgan fingerprint density at radius 2 is 1.57 bits per heavy atom. The lowest BCUT2D eigenvalue weighted by atomic mass is 10.0. The topological polar surface area (TPSA) is 66.5 Å². The van der Waals surface area contributed by atoms with Crippen LogP contribution in [0.25, 0.3) is 0 Å². The van der Waals surface area contributed by atoms with Crippen LogP contribution in [-0.2, 0) is 9.59 Å². The number of hydrogen-bond donors (Lipinski definition) is 1. The quantitative estimate of drug-likeness (QED) is 0.776. The van der Waals surface area contributed by atoms with Crippen LogP contribution in [-0.4, -0.2) is 35.6 Å². The molecular formula is C21H20F2N2O3. The number of nitrogens with zero attached hydrogens (tertiary/aromatic N) is 1. The molecule has 0 radical (unpaired) electrons. The number of benzene rings is 2. The normalized spacial score (nSPS) is 16.6. The fourth-order valence-electron chi connectivity index (χ4n) is 3.24. The maximum atomic E-state index is 13.2. The summed E-state index contributed by atoms with van der Waals surface area (Å²) in [6.45, 7) is 0.690. The van der Waals surface area contributed by atoms with Crippen LogP contribution in [0.1, 0.15) is 41.2 Å². The zero-order valence-electron chi connectivity index (χ0n) is 15.2. The molecule has 0 aliphatic carbocycles. The van der Waals surface area contributed by atoms with E-state index in [2.05, 4.69) is 5.32 Å².